The summed E-state index contributed by atoms with van der Waals surface area (Å²) >= 11 is 0. The van der Waals surface area contributed by atoms with E-state index in [1.54, 1.807) is 13.2 Å². The van der Waals surface area contributed by atoms with E-state index < -0.39 is 5.91 Å². The van der Waals surface area contributed by atoms with E-state index in [-0.39, 0.29) is 5.69 Å². The molecule has 0 bridgehead atoms. The summed E-state index contributed by atoms with van der Waals surface area (Å²) in [5.74, 6) is 0.756. The maximum Gasteiger partial charge on any atom is 0.267 e. The van der Waals surface area contributed by atoms with E-state index in [2.05, 4.69) is 4.98 Å². The Morgan fingerprint density at radius 3 is 2.48 bits per heavy atom. The molecule has 0 fully saturated rings. The molecular formula is C15H18N4O2. The summed E-state index contributed by atoms with van der Waals surface area (Å²) in [5.41, 5.74) is 12.9. The van der Waals surface area contributed by atoms with Crippen molar-refractivity contribution in [3.63, 3.8) is 0 Å². The molecule has 2 aromatic rings. The van der Waals surface area contributed by atoms with Crippen LogP contribution in [0.3, 0.4) is 0 Å². The second-order valence-corrected chi connectivity index (χ2v) is 4.68. The smallest absolute Gasteiger partial charge is 0.267 e. The fourth-order valence-corrected chi connectivity index (χ4v) is 1.98. The first-order valence-corrected chi connectivity index (χ1v) is 6.41. The van der Waals surface area contributed by atoms with Gasteiger partial charge in [0.1, 0.15) is 11.4 Å². The highest BCUT2D eigenvalue weighted by atomic mass is 16.5. The summed E-state index contributed by atoms with van der Waals surface area (Å²) in [4.78, 5) is 17.3. The molecule has 0 unspecified atom stereocenters. The Labute approximate surface area is 123 Å². The number of primary amides is 1. The van der Waals surface area contributed by atoms with E-state index in [9.17, 15) is 4.79 Å². The molecule has 1 aromatic carbocycles. The van der Waals surface area contributed by atoms with Crippen molar-refractivity contribution in [1.29, 1.82) is 0 Å². The van der Waals surface area contributed by atoms with Gasteiger partial charge in [-0.05, 0) is 29.8 Å². The van der Waals surface area contributed by atoms with Gasteiger partial charge < -0.3 is 21.1 Å². The van der Waals surface area contributed by atoms with Crippen LogP contribution in [-0.2, 0) is 6.54 Å². The first-order chi connectivity index (χ1) is 10.0. The van der Waals surface area contributed by atoms with Crippen molar-refractivity contribution < 1.29 is 9.53 Å². The molecule has 4 N–H and O–H groups in total. The Kier molecular flexibility index (Phi) is 4.27. The molecule has 1 aromatic heterocycles. The van der Waals surface area contributed by atoms with Gasteiger partial charge in [-0.1, -0.05) is 12.1 Å². The quantitative estimate of drug-likeness (QED) is 0.866. The van der Waals surface area contributed by atoms with E-state index in [4.69, 9.17) is 16.2 Å². The molecule has 0 aliphatic carbocycles. The largest absolute Gasteiger partial charge is 0.497 e. The maximum atomic E-state index is 11.2. The topological polar surface area (TPSA) is 94.5 Å². The van der Waals surface area contributed by atoms with Gasteiger partial charge in [0.25, 0.3) is 5.91 Å². The van der Waals surface area contributed by atoms with Crippen LogP contribution in [0.2, 0.25) is 0 Å². The van der Waals surface area contributed by atoms with Gasteiger partial charge in [-0.15, -0.1) is 0 Å². The molecule has 6 nitrogen and oxygen atoms in total. The van der Waals surface area contributed by atoms with Gasteiger partial charge in [0, 0.05) is 13.6 Å². The van der Waals surface area contributed by atoms with Gasteiger partial charge in [0.05, 0.1) is 12.8 Å². The number of ether oxygens (including phenoxy) is 1. The van der Waals surface area contributed by atoms with Crippen LogP contribution < -0.4 is 21.1 Å². The molecule has 0 aliphatic heterocycles. The van der Waals surface area contributed by atoms with Crippen LogP contribution in [0, 0.1) is 0 Å². The number of hydrogen-bond acceptors (Lipinski definition) is 5. The molecule has 0 saturated heterocycles. The number of amides is 1. The van der Waals surface area contributed by atoms with Gasteiger partial charge in [-0.25, -0.2) is 4.98 Å². The third-order valence-electron chi connectivity index (χ3n) is 3.10. The highest BCUT2D eigenvalue weighted by molar-refractivity contribution is 5.91. The Bertz CT molecular complexity index is 641. The average Bonchev–Trinajstić information content (AvgIpc) is 2.48. The number of pyridine rings is 1. The number of nitrogens with zero attached hydrogens (tertiary/aromatic N) is 2. The van der Waals surface area contributed by atoms with E-state index >= 15 is 0 Å². The Hall–Kier alpha value is -2.76. The molecule has 110 valence electrons. The highest BCUT2D eigenvalue weighted by Gasteiger charge is 2.11. The van der Waals surface area contributed by atoms with Crippen LogP contribution in [0.5, 0.6) is 5.75 Å². The minimum atomic E-state index is -0.575. The number of methoxy groups -OCH3 is 1. The van der Waals surface area contributed by atoms with Gasteiger partial charge in [-0.3, -0.25) is 4.79 Å². The van der Waals surface area contributed by atoms with Crippen molar-refractivity contribution in [3.05, 3.63) is 47.7 Å². The molecular weight excluding hydrogens is 268 g/mol. The maximum absolute atomic E-state index is 11.2. The fourth-order valence-electron chi connectivity index (χ4n) is 1.98. The molecule has 6 heteroatoms. The summed E-state index contributed by atoms with van der Waals surface area (Å²) in [6.45, 7) is 0.601. The normalized spacial score (nSPS) is 10.2. The lowest BCUT2D eigenvalue weighted by Gasteiger charge is -2.20. The molecule has 0 spiro atoms. The molecule has 0 radical (unpaired) electrons. The molecule has 0 aliphatic rings. The first-order valence-electron chi connectivity index (χ1n) is 6.41. The zero-order valence-electron chi connectivity index (χ0n) is 12.0. The number of carbonyl (C=O) groups is 1. The van der Waals surface area contributed by atoms with E-state index in [1.807, 2.05) is 36.2 Å². The van der Waals surface area contributed by atoms with E-state index in [0.29, 0.717) is 18.1 Å². The van der Waals surface area contributed by atoms with Gasteiger partial charge in [0.15, 0.2) is 5.82 Å². The lowest BCUT2D eigenvalue weighted by molar-refractivity contribution is 0.0995. The molecule has 0 saturated carbocycles. The summed E-state index contributed by atoms with van der Waals surface area (Å²) in [7, 11) is 3.48. The second-order valence-electron chi connectivity index (χ2n) is 4.68. The Morgan fingerprint density at radius 1 is 1.24 bits per heavy atom. The standard InChI is InChI=1S/C15H18N4O2/c1-19(9-10-3-5-11(21-2)6-4-10)15-12(16)7-8-13(18-15)14(17)20/h3-8H,9,16H2,1-2H3,(H2,17,20). The van der Waals surface area contributed by atoms with Crippen molar-refractivity contribution in [1.82, 2.24) is 4.98 Å². The van der Waals surface area contributed by atoms with E-state index in [0.717, 1.165) is 11.3 Å². The minimum Gasteiger partial charge on any atom is -0.497 e. The van der Waals surface area contributed by atoms with Crippen LogP contribution in [0.15, 0.2) is 36.4 Å². The van der Waals surface area contributed by atoms with Gasteiger partial charge >= 0.3 is 0 Å². The number of nitrogen functional groups attached to an aromatic ring is 1. The van der Waals surface area contributed by atoms with Crippen molar-refractivity contribution >= 4 is 17.4 Å². The summed E-state index contributed by atoms with van der Waals surface area (Å²) < 4.78 is 5.12. The monoisotopic (exact) mass is 286 g/mol. The molecule has 2 rings (SSSR count). The number of anilines is 2. The fraction of sp³-hybridized carbons (Fsp3) is 0.200. The lowest BCUT2D eigenvalue weighted by atomic mass is 10.2. The van der Waals surface area contributed by atoms with Crippen molar-refractivity contribution in [2.24, 2.45) is 5.73 Å². The van der Waals surface area contributed by atoms with Gasteiger partial charge in [-0.2, -0.15) is 0 Å². The highest BCUT2D eigenvalue weighted by Crippen LogP contribution is 2.22. The summed E-state index contributed by atoms with van der Waals surface area (Å²) in [5, 5.41) is 0. The Morgan fingerprint density at radius 2 is 1.90 bits per heavy atom. The minimum absolute atomic E-state index is 0.195. The number of rotatable bonds is 5. The van der Waals surface area contributed by atoms with Gasteiger partial charge in [0.2, 0.25) is 0 Å². The Balaban J connectivity index is 2.20. The van der Waals surface area contributed by atoms with Crippen LogP contribution in [-0.4, -0.2) is 25.0 Å². The summed E-state index contributed by atoms with van der Waals surface area (Å²) in [6, 6.07) is 10.8. The van der Waals surface area contributed by atoms with Crippen molar-refractivity contribution in [2.75, 3.05) is 24.8 Å². The second kappa shape index (κ2) is 6.13. The van der Waals surface area contributed by atoms with Crippen LogP contribution in [0.25, 0.3) is 0 Å². The van der Waals surface area contributed by atoms with Crippen LogP contribution in [0.1, 0.15) is 16.1 Å². The zero-order valence-corrected chi connectivity index (χ0v) is 12.0. The molecule has 1 heterocycles. The van der Waals surface area contributed by atoms with Crippen molar-refractivity contribution in [2.45, 2.75) is 6.54 Å². The third kappa shape index (κ3) is 3.42. The predicted molar refractivity (Wildman–Crippen MR) is 82.3 cm³/mol. The molecule has 21 heavy (non-hydrogen) atoms. The third-order valence-corrected chi connectivity index (χ3v) is 3.10. The van der Waals surface area contributed by atoms with E-state index in [1.165, 1.54) is 6.07 Å². The average molecular weight is 286 g/mol. The van der Waals surface area contributed by atoms with Crippen molar-refractivity contribution in [3.8, 4) is 5.75 Å². The zero-order chi connectivity index (χ0) is 15.4. The predicted octanol–water partition coefficient (Wildman–Crippen LogP) is 1.41. The number of carbonyl (C=O) groups excluding carboxylic acids is 1. The lowest BCUT2D eigenvalue weighted by Crippen LogP contribution is -2.21. The summed E-state index contributed by atoms with van der Waals surface area (Å²) in [6.07, 6.45) is 0. The molecule has 0 atom stereocenters. The number of aromatic nitrogens is 1. The number of hydrogen-bond donors (Lipinski definition) is 2. The number of nitrogens with two attached hydrogens (primary N) is 2. The molecule has 1 amide bonds. The SMILES string of the molecule is COc1ccc(CN(C)c2nc(C(N)=O)ccc2N)cc1. The van der Waals surface area contributed by atoms with Crippen LogP contribution in [0.4, 0.5) is 11.5 Å². The number of benzene rings is 1. The van der Waals surface area contributed by atoms with Crippen LogP contribution >= 0.6 is 0 Å². The first kappa shape index (κ1) is 14.6.